The van der Waals surface area contributed by atoms with Gasteiger partial charge in [-0.25, -0.2) is 8.42 Å². The zero-order chi connectivity index (χ0) is 22.1. The molecule has 0 N–H and O–H groups in total. The average molecular weight is 452 g/mol. The Labute approximate surface area is 182 Å². The van der Waals surface area contributed by atoms with E-state index in [1.54, 1.807) is 6.92 Å². The quantitative estimate of drug-likeness (QED) is 0.609. The van der Waals surface area contributed by atoms with Crippen LogP contribution in [0.5, 0.6) is 11.5 Å². The van der Waals surface area contributed by atoms with E-state index < -0.39 is 21.2 Å². The SMILES string of the molecule is CCN(C(=O)COC(=O)C1(c2ccc3c(c2)OCCO3)CCCC1)[C@@H]1CCS(=O)(=O)C1. The molecule has 2 heterocycles. The molecule has 8 nitrogen and oxygen atoms in total. The molecule has 3 aliphatic rings. The van der Waals surface area contributed by atoms with Crippen LogP contribution in [0, 0.1) is 0 Å². The monoisotopic (exact) mass is 451 g/mol. The molecule has 1 aromatic rings. The molecule has 170 valence electrons. The lowest BCUT2D eigenvalue weighted by molar-refractivity contribution is -0.157. The molecule has 2 fully saturated rings. The van der Waals surface area contributed by atoms with Gasteiger partial charge in [0.15, 0.2) is 27.9 Å². The van der Waals surface area contributed by atoms with Gasteiger partial charge in [0.25, 0.3) is 5.91 Å². The molecule has 0 unspecified atom stereocenters. The Morgan fingerprint density at radius 3 is 2.52 bits per heavy atom. The summed E-state index contributed by atoms with van der Waals surface area (Å²) in [4.78, 5) is 27.5. The van der Waals surface area contributed by atoms with E-state index in [1.807, 2.05) is 18.2 Å². The van der Waals surface area contributed by atoms with Crippen LogP contribution in [0.4, 0.5) is 0 Å². The summed E-state index contributed by atoms with van der Waals surface area (Å²) in [6.07, 6.45) is 3.53. The largest absolute Gasteiger partial charge is 0.486 e. The van der Waals surface area contributed by atoms with Crippen molar-refractivity contribution in [3.05, 3.63) is 23.8 Å². The maximum Gasteiger partial charge on any atom is 0.317 e. The number of nitrogens with zero attached hydrogens (tertiary/aromatic N) is 1. The van der Waals surface area contributed by atoms with E-state index in [2.05, 4.69) is 0 Å². The summed E-state index contributed by atoms with van der Waals surface area (Å²) in [7, 11) is -3.11. The second kappa shape index (κ2) is 8.68. The molecule has 1 atom stereocenters. The number of esters is 1. The molecule has 0 bridgehead atoms. The van der Waals surface area contributed by atoms with Gasteiger partial charge >= 0.3 is 5.97 Å². The molecule has 1 aliphatic carbocycles. The number of carbonyl (C=O) groups is 2. The second-order valence-corrected chi connectivity index (χ2v) is 10.7. The number of hydrogen-bond acceptors (Lipinski definition) is 7. The third-order valence-electron chi connectivity index (χ3n) is 6.58. The summed E-state index contributed by atoms with van der Waals surface area (Å²) in [6, 6.07) is 5.20. The molecule has 0 radical (unpaired) electrons. The van der Waals surface area contributed by atoms with Gasteiger partial charge < -0.3 is 19.1 Å². The molecule has 4 rings (SSSR count). The minimum atomic E-state index is -3.11. The summed E-state index contributed by atoms with van der Waals surface area (Å²) in [6.45, 7) is 2.77. The molecule has 9 heteroatoms. The topological polar surface area (TPSA) is 99.2 Å². The van der Waals surface area contributed by atoms with E-state index >= 15 is 0 Å². The fraction of sp³-hybridized carbons (Fsp3) is 0.636. The summed E-state index contributed by atoms with van der Waals surface area (Å²) in [5, 5.41) is 0. The van der Waals surface area contributed by atoms with E-state index in [1.165, 1.54) is 4.90 Å². The van der Waals surface area contributed by atoms with Crippen molar-refractivity contribution in [2.45, 2.75) is 50.5 Å². The van der Waals surface area contributed by atoms with Crippen molar-refractivity contribution >= 4 is 21.7 Å². The lowest BCUT2D eigenvalue weighted by Gasteiger charge is -2.30. The van der Waals surface area contributed by atoms with E-state index in [-0.39, 0.29) is 30.1 Å². The van der Waals surface area contributed by atoms with Crippen molar-refractivity contribution in [1.82, 2.24) is 4.90 Å². The first kappa shape index (κ1) is 21.9. The Kier molecular flexibility index (Phi) is 6.14. The van der Waals surface area contributed by atoms with E-state index in [9.17, 15) is 18.0 Å². The zero-order valence-corrected chi connectivity index (χ0v) is 18.6. The highest BCUT2D eigenvalue weighted by molar-refractivity contribution is 7.91. The molecule has 1 aromatic carbocycles. The summed E-state index contributed by atoms with van der Waals surface area (Å²) >= 11 is 0. The molecule has 1 amide bonds. The molecular weight excluding hydrogens is 422 g/mol. The Morgan fingerprint density at radius 1 is 1.16 bits per heavy atom. The van der Waals surface area contributed by atoms with Crippen LogP contribution in [-0.4, -0.2) is 69.1 Å². The van der Waals surface area contributed by atoms with Gasteiger partial charge in [-0.1, -0.05) is 18.9 Å². The number of rotatable bonds is 6. The van der Waals surface area contributed by atoms with Crippen molar-refractivity contribution < 1.29 is 32.2 Å². The van der Waals surface area contributed by atoms with Crippen LogP contribution in [-0.2, 0) is 29.6 Å². The molecule has 2 aliphatic heterocycles. The van der Waals surface area contributed by atoms with Crippen molar-refractivity contribution in [3.63, 3.8) is 0 Å². The number of hydrogen-bond donors (Lipinski definition) is 0. The highest BCUT2D eigenvalue weighted by Gasteiger charge is 2.45. The van der Waals surface area contributed by atoms with Gasteiger partial charge in [0.05, 0.1) is 16.9 Å². The van der Waals surface area contributed by atoms with Crippen LogP contribution in [0.15, 0.2) is 18.2 Å². The van der Waals surface area contributed by atoms with Gasteiger partial charge in [-0.3, -0.25) is 9.59 Å². The first-order chi connectivity index (χ1) is 14.8. The van der Waals surface area contributed by atoms with Crippen LogP contribution in [0.1, 0.15) is 44.6 Å². The number of benzene rings is 1. The summed E-state index contributed by atoms with van der Waals surface area (Å²) < 4.78 is 40.4. The Morgan fingerprint density at radius 2 is 1.87 bits per heavy atom. The van der Waals surface area contributed by atoms with Gasteiger partial charge in [-0.05, 0) is 43.9 Å². The molecule has 31 heavy (non-hydrogen) atoms. The molecule has 0 spiro atoms. The van der Waals surface area contributed by atoms with Crippen LogP contribution in [0.25, 0.3) is 0 Å². The van der Waals surface area contributed by atoms with E-state index in [0.29, 0.717) is 50.5 Å². The van der Waals surface area contributed by atoms with Gasteiger partial charge in [-0.2, -0.15) is 0 Å². The minimum absolute atomic E-state index is 0.0261. The lowest BCUT2D eigenvalue weighted by Crippen LogP contribution is -2.44. The van der Waals surface area contributed by atoms with Crippen LogP contribution in [0.2, 0.25) is 0 Å². The number of fused-ring (bicyclic) bond motifs is 1. The second-order valence-electron chi connectivity index (χ2n) is 8.46. The van der Waals surface area contributed by atoms with E-state index in [4.69, 9.17) is 14.2 Å². The van der Waals surface area contributed by atoms with Crippen molar-refractivity contribution in [1.29, 1.82) is 0 Å². The minimum Gasteiger partial charge on any atom is -0.486 e. The van der Waals surface area contributed by atoms with Crippen LogP contribution >= 0.6 is 0 Å². The Hall–Kier alpha value is -2.29. The van der Waals surface area contributed by atoms with Crippen molar-refractivity contribution in [3.8, 4) is 11.5 Å². The number of carbonyl (C=O) groups excluding carboxylic acids is 2. The molecule has 0 aromatic heterocycles. The first-order valence-electron chi connectivity index (χ1n) is 10.9. The normalized spacial score (nSPS) is 23.3. The van der Waals surface area contributed by atoms with E-state index in [0.717, 1.165) is 18.4 Å². The predicted octanol–water partition coefficient (Wildman–Crippen LogP) is 1.85. The Bertz CT molecular complexity index is 953. The van der Waals surface area contributed by atoms with Crippen molar-refractivity contribution in [2.24, 2.45) is 0 Å². The lowest BCUT2D eigenvalue weighted by atomic mass is 9.78. The summed E-state index contributed by atoms with van der Waals surface area (Å²) in [5.41, 5.74) is 0.0186. The third-order valence-corrected chi connectivity index (χ3v) is 8.33. The van der Waals surface area contributed by atoms with Crippen LogP contribution < -0.4 is 9.47 Å². The fourth-order valence-electron chi connectivity index (χ4n) is 4.94. The maximum absolute atomic E-state index is 13.2. The fourth-order valence-corrected chi connectivity index (χ4v) is 6.67. The number of likely N-dealkylation sites (N-methyl/N-ethyl adjacent to an activating group) is 1. The van der Waals surface area contributed by atoms with Gasteiger partial charge in [0.2, 0.25) is 0 Å². The Balaban J connectivity index is 1.46. The molecule has 1 saturated carbocycles. The average Bonchev–Trinajstić information content (AvgIpc) is 3.40. The van der Waals surface area contributed by atoms with Gasteiger partial charge in [-0.15, -0.1) is 0 Å². The molecular formula is C22H29NO7S. The standard InChI is InChI=1S/C22H29NO7S/c1-2-23(17-7-12-31(26,27)15-17)20(24)14-30-21(25)22(8-3-4-9-22)16-5-6-18-19(13-16)29-11-10-28-18/h5-6,13,17H,2-4,7-12,14-15H2,1H3/t17-/m1/s1. The highest BCUT2D eigenvalue weighted by atomic mass is 32.2. The smallest absolute Gasteiger partial charge is 0.317 e. The number of ether oxygens (including phenoxy) is 3. The maximum atomic E-state index is 13.2. The highest BCUT2D eigenvalue weighted by Crippen LogP contribution is 2.45. The predicted molar refractivity (Wildman–Crippen MR) is 113 cm³/mol. The van der Waals surface area contributed by atoms with Gasteiger partial charge in [0, 0.05) is 12.6 Å². The first-order valence-corrected chi connectivity index (χ1v) is 12.7. The van der Waals surface area contributed by atoms with Gasteiger partial charge in [0.1, 0.15) is 13.2 Å². The number of amides is 1. The molecule has 1 saturated heterocycles. The number of sulfone groups is 1. The zero-order valence-electron chi connectivity index (χ0n) is 17.8. The summed E-state index contributed by atoms with van der Waals surface area (Å²) in [5.74, 6) is 0.588. The third kappa shape index (κ3) is 4.37. The van der Waals surface area contributed by atoms with Crippen molar-refractivity contribution in [2.75, 3.05) is 37.9 Å². The van der Waals surface area contributed by atoms with Crippen LogP contribution in [0.3, 0.4) is 0 Å².